The Balaban J connectivity index is 2.65. The highest BCUT2D eigenvalue weighted by molar-refractivity contribution is 7.89. The average molecular weight is 316 g/mol. The zero-order chi connectivity index (χ0) is 15.9. The topological polar surface area (TPSA) is 78.9 Å². The van der Waals surface area contributed by atoms with E-state index in [9.17, 15) is 8.42 Å². The van der Waals surface area contributed by atoms with Crippen LogP contribution >= 0.6 is 0 Å². The second kappa shape index (κ2) is 8.33. The Kier molecular flexibility index (Phi) is 7.10. The minimum atomic E-state index is -3.52. The van der Waals surface area contributed by atoms with Gasteiger partial charge in [0.25, 0.3) is 0 Å². The molecule has 2 N–H and O–H groups in total. The Bertz CT molecular complexity index is 514. The first-order valence-electron chi connectivity index (χ1n) is 6.86. The zero-order valence-corrected chi connectivity index (χ0v) is 13.6. The summed E-state index contributed by atoms with van der Waals surface area (Å²) in [5.74, 6) is 0.531. The van der Waals surface area contributed by atoms with E-state index in [4.69, 9.17) is 9.84 Å². The van der Waals surface area contributed by atoms with Crippen LogP contribution in [-0.2, 0) is 10.0 Å². The number of hydrogen-bond donors (Lipinski definition) is 2. The minimum Gasteiger partial charge on any atom is -0.491 e. The fourth-order valence-corrected chi connectivity index (χ4v) is 3.00. The van der Waals surface area contributed by atoms with E-state index in [1.165, 1.54) is 12.1 Å². The van der Waals surface area contributed by atoms with Crippen LogP contribution in [0.1, 0.15) is 13.3 Å². The predicted octanol–water partition coefficient (Wildman–Crippen LogP) is 0.676. The summed E-state index contributed by atoms with van der Waals surface area (Å²) < 4.78 is 32.3. The molecule has 0 aliphatic carbocycles. The van der Waals surface area contributed by atoms with Crippen LogP contribution in [0.2, 0.25) is 0 Å². The lowest BCUT2D eigenvalue weighted by molar-refractivity contribution is 0.201. The van der Waals surface area contributed by atoms with Crippen molar-refractivity contribution in [2.45, 2.75) is 24.3 Å². The first-order valence-corrected chi connectivity index (χ1v) is 8.34. The molecular weight excluding hydrogens is 292 g/mol. The molecule has 1 rings (SSSR count). The Morgan fingerprint density at radius 1 is 1.29 bits per heavy atom. The Labute approximate surface area is 126 Å². The lowest BCUT2D eigenvalue weighted by Crippen LogP contribution is -2.34. The number of hydrogen-bond acceptors (Lipinski definition) is 5. The van der Waals surface area contributed by atoms with Gasteiger partial charge in [-0.3, -0.25) is 0 Å². The average Bonchev–Trinajstić information content (AvgIpc) is 2.43. The summed E-state index contributed by atoms with van der Waals surface area (Å²) in [6, 6.07) is 6.01. The fourth-order valence-electron chi connectivity index (χ4n) is 1.72. The Hall–Kier alpha value is -1.15. The fraction of sp³-hybridized carbons (Fsp3) is 0.571. The van der Waals surface area contributed by atoms with Crippen molar-refractivity contribution in [2.24, 2.45) is 0 Å². The molecule has 7 heteroatoms. The van der Waals surface area contributed by atoms with Gasteiger partial charge in [0.2, 0.25) is 10.0 Å². The lowest BCUT2D eigenvalue weighted by Gasteiger charge is -2.17. The van der Waals surface area contributed by atoms with Gasteiger partial charge in [-0.25, -0.2) is 13.1 Å². The van der Waals surface area contributed by atoms with Crippen LogP contribution in [0.25, 0.3) is 0 Å². The molecule has 0 amide bonds. The van der Waals surface area contributed by atoms with E-state index in [1.807, 2.05) is 25.9 Å². The van der Waals surface area contributed by atoms with Gasteiger partial charge in [-0.2, -0.15) is 0 Å². The van der Waals surface area contributed by atoms with Gasteiger partial charge in [0.05, 0.1) is 11.5 Å². The molecule has 0 saturated carbocycles. The van der Waals surface area contributed by atoms with Crippen LogP contribution < -0.4 is 9.46 Å². The molecule has 0 radical (unpaired) electrons. The highest BCUT2D eigenvalue weighted by Gasteiger charge is 2.17. The molecule has 1 aromatic carbocycles. The van der Waals surface area contributed by atoms with Crippen molar-refractivity contribution in [1.82, 2.24) is 9.62 Å². The molecule has 120 valence electrons. The third-order valence-electron chi connectivity index (χ3n) is 2.86. The molecule has 1 atom stereocenters. The normalized spacial score (nSPS) is 13.4. The molecule has 0 aromatic heterocycles. The molecule has 1 aromatic rings. The summed E-state index contributed by atoms with van der Waals surface area (Å²) in [4.78, 5) is 2.22. The van der Waals surface area contributed by atoms with Gasteiger partial charge in [0.15, 0.2) is 0 Å². The van der Waals surface area contributed by atoms with Gasteiger partial charge in [-0.15, -0.1) is 0 Å². The second-order valence-corrected chi connectivity index (χ2v) is 6.87. The number of nitrogens with one attached hydrogen (secondary N) is 1. The van der Waals surface area contributed by atoms with Crippen molar-refractivity contribution >= 4 is 10.0 Å². The maximum atomic E-state index is 12.2. The largest absolute Gasteiger partial charge is 0.491 e. The van der Waals surface area contributed by atoms with Crippen LogP contribution in [-0.4, -0.2) is 58.3 Å². The van der Waals surface area contributed by atoms with Crippen LogP contribution in [0.3, 0.4) is 0 Å². The molecule has 0 heterocycles. The summed E-state index contributed by atoms with van der Waals surface area (Å²) in [6.45, 7) is 2.77. The monoisotopic (exact) mass is 316 g/mol. The van der Waals surface area contributed by atoms with Crippen molar-refractivity contribution < 1.29 is 18.3 Å². The van der Waals surface area contributed by atoms with Crippen LogP contribution in [0.4, 0.5) is 0 Å². The zero-order valence-electron chi connectivity index (χ0n) is 12.7. The van der Waals surface area contributed by atoms with Crippen LogP contribution in [0, 0.1) is 0 Å². The first-order chi connectivity index (χ1) is 9.85. The number of aliphatic hydroxyl groups excluding tert-OH is 1. The van der Waals surface area contributed by atoms with Gasteiger partial charge in [-0.05, 0) is 58.3 Å². The van der Waals surface area contributed by atoms with Crippen LogP contribution in [0.5, 0.6) is 5.75 Å². The Morgan fingerprint density at radius 3 is 2.43 bits per heavy atom. The van der Waals surface area contributed by atoms with Crippen molar-refractivity contribution in [3.05, 3.63) is 24.3 Å². The molecule has 6 nitrogen and oxygen atoms in total. The van der Waals surface area contributed by atoms with Crippen molar-refractivity contribution in [1.29, 1.82) is 0 Å². The molecule has 0 aliphatic heterocycles. The minimum absolute atomic E-state index is 0.0784. The van der Waals surface area contributed by atoms with E-state index in [1.54, 1.807) is 12.1 Å². The van der Waals surface area contributed by atoms with Gasteiger partial charge in [0.1, 0.15) is 12.4 Å². The summed E-state index contributed by atoms with van der Waals surface area (Å²) in [5.41, 5.74) is 0. The lowest BCUT2D eigenvalue weighted by atomic mass is 10.2. The molecule has 21 heavy (non-hydrogen) atoms. The third kappa shape index (κ3) is 6.43. The van der Waals surface area contributed by atoms with E-state index >= 15 is 0 Å². The van der Waals surface area contributed by atoms with E-state index in [-0.39, 0.29) is 24.2 Å². The number of aliphatic hydroxyl groups is 1. The van der Waals surface area contributed by atoms with E-state index in [0.29, 0.717) is 5.75 Å². The summed E-state index contributed by atoms with van der Waals surface area (Å²) >= 11 is 0. The maximum absolute atomic E-state index is 12.2. The molecule has 0 aliphatic rings. The van der Waals surface area contributed by atoms with Gasteiger partial charge >= 0.3 is 0 Å². The molecule has 0 fully saturated rings. The summed E-state index contributed by atoms with van der Waals surface area (Å²) in [5, 5.41) is 8.67. The smallest absolute Gasteiger partial charge is 0.240 e. The molecule has 1 unspecified atom stereocenters. The van der Waals surface area contributed by atoms with Crippen molar-refractivity contribution in [3.8, 4) is 5.75 Å². The number of benzene rings is 1. The first kappa shape index (κ1) is 17.9. The SMILES string of the molecule is CC(CCN(C)C)NS(=O)(=O)c1ccc(OCCO)cc1. The van der Waals surface area contributed by atoms with Gasteiger partial charge < -0.3 is 14.7 Å². The molecule has 0 bridgehead atoms. The van der Waals surface area contributed by atoms with E-state index in [0.717, 1.165) is 13.0 Å². The number of sulfonamides is 1. The van der Waals surface area contributed by atoms with Crippen molar-refractivity contribution in [2.75, 3.05) is 33.9 Å². The summed E-state index contributed by atoms with van der Waals surface area (Å²) in [6.07, 6.45) is 0.740. The highest BCUT2D eigenvalue weighted by Crippen LogP contribution is 2.16. The standard InChI is InChI=1S/C14H24N2O4S/c1-12(8-9-16(2)3)15-21(18,19)14-6-4-13(5-7-14)20-11-10-17/h4-7,12,15,17H,8-11H2,1-3H3. The number of nitrogens with zero attached hydrogens (tertiary/aromatic N) is 1. The summed E-state index contributed by atoms with van der Waals surface area (Å²) in [7, 11) is 0.383. The molecule has 0 saturated heterocycles. The molecular formula is C14H24N2O4S. The Morgan fingerprint density at radius 2 is 1.90 bits per heavy atom. The van der Waals surface area contributed by atoms with Gasteiger partial charge in [0, 0.05) is 6.04 Å². The van der Waals surface area contributed by atoms with Crippen molar-refractivity contribution in [3.63, 3.8) is 0 Å². The third-order valence-corrected chi connectivity index (χ3v) is 4.47. The molecule has 0 spiro atoms. The maximum Gasteiger partial charge on any atom is 0.240 e. The highest BCUT2D eigenvalue weighted by atomic mass is 32.2. The second-order valence-electron chi connectivity index (χ2n) is 5.16. The number of ether oxygens (including phenoxy) is 1. The predicted molar refractivity (Wildman–Crippen MR) is 82.0 cm³/mol. The van der Waals surface area contributed by atoms with Crippen LogP contribution in [0.15, 0.2) is 29.2 Å². The number of rotatable bonds is 9. The van der Waals surface area contributed by atoms with Gasteiger partial charge in [-0.1, -0.05) is 0 Å². The van der Waals surface area contributed by atoms with E-state index in [2.05, 4.69) is 4.72 Å². The quantitative estimate of drug-likeness (QED) is 0.700. The van der Waals surface area contributed by atoms with E-state index < -0.39 is 10.0 Å².